The fourth-order valence-electron chi connectivity index (χ4n) is 2.55. The Morgan fingerprint density at radius 3 is 2.48 bits per heavy atom. The summed E-state index contributed by atoms with van der Waals surface area (Å²) in [4.78, 5) is 27.3. The molecule has 1 N–H and O–H groups in total. The van der Waals surface area contributed by atoms with Crippen molar-refractivity contribution in [3.63, 3.8) is 0 Å². The summed E-state index contributed by atoms with van der Waals surface area (Å²) in [6, 6.07) is 0. The molecular formula is C14H19F3N4O2. The molecule has 1 aromatic heterocycles. The van der Waals surface area contributed by atoms with Crippen molar-refractivity contribution in [3.8, 4) is 0 Å². The molecule has 1 aliphatic heterocycles. The molecule has 0 atom stereocenters. The molecule has 23 heavy (non-hydrogen) atoms. The summed E-state index contributed by atoms with van der Waals surface area (Å²) < 4.78 is 38.2. The highest BCUT2D eigenvalue weighted by Crippen LogP contribution is 2.31. The molecule has 2 heterocycles. The topological polar surface area (TPSA) is 69.3 Å². The Labute approximate surface area is 131 Å². The number of nitrogens with one attached hydrogen (secondary N) is 1. The summed E-state index contributed by atoms with van der Waals surface area (Å²) in [5, 5.41) is 5.35. The van der Waals surface area contributed by atoms with Crippen molar-refractivity contribution in [2.24, 2.45) is 5.92 Å². The lowest BCUT2D eigenvalue weighted by Crippen LogP contribution is -2.53. The van der Waals surface area contributed by atoms with E-state index in [9.17, 15) is 22.8 Å². The molecule has 1 saturated heterocycles. The smallest absolute Gasteiger partial charge is 0.339 e. The predicted molar refractivity (Wildman–Crippen MR) is 75.6 cm³/mol. The van der Waals surface area contributed by atoms with Gasteiger partial charge in [0.1, 0.15) is 12.2 Å². The van der Waals surface area contributed by atoms with Crippen LogP contribution in [0.3, 0.4) is 0 Å². The zero-order chi connectivity index (χ0) is 17.4. The molecule has 0 radical (unpaired) electrons. The quantitative estimate of drug-likeness (QED) is 0.915. The van der Waals surface area contributed by atoms with Crippen molar-refractivity contribution in [2.45, 2.75) is 26.9 Å². The zero-order valence-electron chi connectivity index (χ0n) is 13.2. The summed E-state index contributed by atoms with van der Waals surface area (Å²) in [5.41, 5.74) is -1.58. The van der Waals surface area contributed by atoms with Gasteiger partial charge in [-0.25, -0.2) is 0 Å². The van der Waals surface area contributed by atoms with Gasteiger partial charge in [-0.1, -0.05) is 13.8 Å². The maximum Gasteiger partial charge on any atom is 0.433 e. The summed E-state index contributed by atoms with van der Waals surface area (Å²) in [7, 11) is 0. The van der Waals surface area contributed by atoms with Gasteiger partial charge in [0.2, 0.25) is 5.91 Å². The monoisotopic (exact) mass is 332 g/mol. The first-order valence-corrected chi connectivity index (χ1v) is 7.30. The second kappa shape index (κ2) is 6.21. The lowest BCUT2D eigenvalue weighted by molar-refractivity contribution is -0.141. The highest BCUT2D eigenvalue weighted by Gasteiger charge is 2.38. The third-order valence-electron chi connectivity index (χ3n) is 3.69. The van der Waals surface area contributed by atoms with E-state index >= 15 is 0 Å². The normalized spacial score (nSPS) is 16.4. The summed E-state index contributed by atoms with van der Waals surface area (Å²) >= 11 is 0. The fourth-order valence-corrected chi connectivity index (χ4v) is 2.55. The molecule has 128 valence electrons. The Hall–Kier alpha value is -2.06. The Balaban J connectivity index is 2.11. The highest BCUT2D eigenvalue weighted by molar-refractivity contribution is 5.96. The van der Waals surface area contributed by atoms with E-state index in [1.165, 1.54) is 11.8 Å². The summed E-state index contributed by atoms with van der Waals surface area (Å²) in [6.45, 7) is 6.27. The standard InChI is InChI=1S/C14H19F3N4O2/c1-8(2)6-20-4-5-21(7-10(20)22)13(23)11-9(3)12(19-18-11)14(15,16)17/h8H,4-7H2,1-3H3,(H,18,19). The number of hydrogen-bond donors (Lipinski definition) is 1. The third-order valence-corrected chi connectivity index (χ3v) is 3.69. The second-order valence-corrected chi connectivity index (χ2v) is 6.03. The van der Waals surface area contributed by atoms with E-state index in [1.54, 1.807) is 4.90 Å². The second-order valence-electron chi connectivity index (χ2n) is 6.03. The average molecular weight is 332 g/mol. The first-order chi connectivity index (χ1) is 10.6. The predicted octanol–water partition coefficient (Wildman–Crippen LogP) is 1.68. The van der Waals surface area contributed by atoms with Gasteiger partial charge >= 0.3 is 6.18 Å². The number of halogens is 3. The number of amides is 2. The Kier molecular flexibility index (Phi) is 4.67. The number of alkyl halides is 3. The number of carbonyl (C=O) groups excluding carboxylic acids is 2. The van der Waals surface area contributed by atoms with E-state index in [4.69, 9.17) is 0 Å². The fraction of sp³-hybridized carbons (Fsp3) is 0.643. The van der Waals surface area contributed by atoms with Gasteiger partial charge in [-0.05, 0) is 12.8 Å². The lowest BCUT2D eigenvalue weighted by atomic mass is 10.1. The maximum absolute atomic E-state index is 12.7. The number of hydrogen-bond acceptors (Lipinski definition) is 3. The van der Waals surface area contributed by atoms with Gasteiger partial charge in [0.15, 0.2) is 5.69 Å². The number of aromatic amines is 1. The van der Waals surface area contributed by atoms with E-state index in [0.29, 0.717) is 19.0 Å². The Morgan fingerprint density at radius 2 is 2.00 bits per heavy atom. The number of aromatic nitrogens is 2. The maximum atomic E-state index is 12.7. The van der Waals surface area contributed by atoms with Crippen LogP contribution in [0.1, 0.15) is 35.6 Å². The van der Waals surface area contributed by atoms with Crippen LogP contribution in [0.2, 0.25) is 0 Å². The highest BCUT2D eigenvalue weighted by atomic mass is 19.4. The molecule has 0 unspecified atom stereocenters. The van der Waals surface area contributed by atoms with E-state index in [2.05, 4.69) is 5.10 Å². The largest absolute Gasteiger partial charge is 0.433 e. The van der Waals surface area contributed by atoms with Crippen LogP contribution >= 0.6 is 0 Å². The Bertz CT molecular complexity index is 610. The van der Waals surface area contributed by atoms with Crippen LogP contribution in [0.5, 0.6) is 0 Å². The summed E-state index contributed by atoms with van der Waals surface area (Å²) in [6.07, 6.45) is -4.60. The van der Waals surface area contributed by atoms with E-state index in [-0.39, 0.29) is 30.3 Å². The third kappa shape index (κ3) is 3.65. The summed E-state index contributed by atoms with van der Waals surface area (Å²) in [5.74, 6) is -0.557. The minimum atomic E-state index is -4.60. The number of nitrogens with zero attached hydrogens (tertiary/aromatic N) is 3. The van der Waals surface area contributed by atoms with Crippen molar-refractivity contribution >= 4 is 11.8 Å². The Morgan fingerprint density at radius 1 is 1.35 bits per heavy atom. The SMILES string of the molecule is Cc1c(C(=O)N2CCN(CC(C)C)C(=O)C2)n[nH]c1C(F)(F)F. The van der Waals surface area contributed by atoms with Gasteiger partial charge in [-0.2, -0.15) is 18.3 Å². The van der Waals surface area contributed by atoms with Gasteiger partial charge in [0, 0.05) is 25.2 Å². The van der Waals surface area contributed by atoms with Crippen LogP contribution in [0, 0.1) is 12.8 Å². The molecule has 0 spiro atoms. The molecule has 1 fully saturated rings. The molecule has 0 aliphatic carbocycles. The zero-order valence-corrected chi connectivity index (χ0v) is 13.2. The first kappa shape index (κ1) is 17.3. The van der Waals surface area contributed by atoms with Gasteiger partial charge in [0.05, 0.1) is 0 Å². The number of carbonyl (C=O) groups is 2. The van der Waals surface area contributed by atoms with Crippen LogP contribution in [-0.4, -0.2) is 58.0 Å². The van der Waals surface area contributed by atoms with Crippen LogP contribution in [0.4, 0.5) is 13.2 Å². The molecule has 6 nitrogen and oxygen atoms in total. The van der Waals surface area contributed by atoms with Crippen LogP contribution in [0.15, 0.2) is 0 Å². The van der Waals surface area contributed by atoms with Gasteiger partial charge in [-0.3, -0.25) is 14.7 Å². The van der Waals surface area contributed by atoms with Crippen LogP contribution in [-0.2, 0) is 11.0 Å². The van der Waals surface area contributed by atoms with Crippen LogP contribution < -0.4 is 0 Å². The van der Waals surface area contributed by atoms with Gasteiger partial charge in [0.25, 0.3) is 5.91 Å². The number of piperazine rings is 1. The molecule has 0 saturated carbocycles. The average Bonchev–Trinajstić information content (AvgIpc) is 2.81. The van der Waals surface area contributed by atoms with Crippen molar-refractivity contribution in [2.75, 3.05) is 26.2 Å². The van der Waals surface area contributed by atoms with E-state index in [0.717, 1.165) is 0 Å². The van der Waals surface area contributed by atoms with Gasteiger partial charge in [-0.15, -0.1) is 0 Å². The molecule has 9 heteroatoms. The molecule has 1 aromatic rings. The minimum Gasteiger partial charge on any atom is -0.339 e. The van der Waals surface area contributed by atoms with Crippen molar-refractivity contribution in [1.82, 2.24) is 20.0 Å². The number of rotatable bonds is 3. The molecular weight excluding hydrogens is 313 g/mol. The van der Waals surface area contributed by atoms with Crippen molar-refractivity contribution < 1.29 is 22.8 Å². The van der Waals surface area contributed by atoms with Crippen LogP contribution in [0.25, 0.3) is 0 Å². The number of H-pyrrole nitrogens is 1. The minimum absolute atomic E-state index is 0.140. The molecule has 1 aliphatic rings. The van der Waals surface area contributed by atoms with Crippen molar-refractivity contribution in [3.05, 3.63) is 17.0 Å². The molecule has 0 aromatic carbocycles. The molecule has 2 amide bonds. The van der Waals surface area contributed by atoms with Crippen molar-refractivity contribution in [1.29, 1.82) is 0 Å². The lowest BCUT2D eigenvalue weighted by Gasteiger charge is -2.35. The van der Waals surface area contributed by atoms with Gasteiger partial charge < -0.3 is 9.80 Å². The molecule has 0 bridgehead atoms. The van der Waals surface area contributed by atoms with E-state index < -0.39 is 17.8 Å². The first-order valence-electron chi connectivity index (χ1n) is 7.30. The van der Waals surface area contributed by atoms with E-state index in [1.807, 2.05) is 18.9 Å². The molecule has 2 rings (SSSR count).